The highest BCUT2D eigenvalue weighted by atomic mass is 35.5. The molecular formula is C29H28ClN3O5. The molecule has 1 aliphatic heterocycles. The third-order valence-electron chi connectivity index (χ3n) is 6.66. The highest BCUT2D eigenvalue weighted by molar-refractivity contribution is 6.35. The molecule has 0 saturated heterocycles. The van der Waals surface area contributed by atoms with Gasteiger partial charge in [-0.15, -0.1) is 0 Å². The molecule has 0 fully saturated rings. The Balaban J connectivity index is 1.38. The van der Waals surface area contributed by atoms with Gasteiger partial charge >= 0.3 is 0 Å². The number of hydrogen-bond acceptors (Lipinski definition) is 5. The first-order chi connectivity index (χ1) is 18.4. The molecule has 0 aliphatic carbocycles. The molecule has 2 amide bonds. The van der Waals surface area contributed by atoms with Gasteiger partial charge in [-0.25, -0.2) is 0 Å². The molecule has 1 atom stereocenters. The van der Waals surface area contributed by atoms with Gasteiger partial charge in [-0.05, 0) is 48.7 Å². The summed E-state index contributed by atoms with van der Waals surface area (Å²) in [7, 11) is 0. The predicted molar refractivity (Wildman–Crippen MR) is 146 cm³/mol. The number of fused-ring (bicyclic) bond motifs is 2. The van der Waals surface area contributed by atoms with Crippen molar-refractivity contribution in [1.82, 2.24) is 9.88 Å². The molecular weight excluding hydrogens is 506 g/mol. The molecule has 8 nitrogen and oxygen atoms in total. The summed E-state index contributed by atoms with van der Waals surface area (Å²) in [4.78, 5) is 26.7. The van der Waals surface area contributed by atoms with E-state index < -0.39 is 6.04 Å². The maximum Gasteiger partial charge on any atom is 0.247 e. The molecule has 4 aromatic rings. The first-order valence-corrected chi connectivity index (χ1v) is 12.7. The van der Waals surface area contributed by atoms with E-state index in [0.29, 0.717) is 35.1 Å². The van der Waals surface area contributed by atoms with Crippen molar-refractivity contribution in [2.45, 2.75) is 32.4 Å². The topological polar surface area (TPSA) is 102 Å². The van der Waals surface area contributed by atoms with E-state index in [1.54, 1.807) is 24.3 Å². The Labute approximate surface area is 225 Å². The number of carbonyl (C=O) groups excluding carboxylic acids is 2. The molecule has 2 heterocycles. The summed E-state index contributed by atoms with van der Waals surface area (Å²) in [5.74, 6) is 0.507. The summed E-state index contributed by atoms with van der Waals surface area (Å²) in [5.41, 5.74) is 4.02. The Hall–Kier alpha value is -4.01. The molecule has 0 unspecified atom stereocenters. The van der Waals surface area contributed by atoms with Crippen molar-refractivity contribution >= 4 is 40.0 Å². The largest absolute Gasteiger partial charge is 0.454 e. The molecule has 1 aliphatic rings. The van der Waals surface area contributed by atoms with Crippen molar-refractivity contribution in [3.8, 4) is 11.5 Å². The van der Waals surface area contributed by atoms with Gasteiger partial charge in [0.2, 0.25) is 18.6 Å². The monoisotopic (exact) mass is 533 g/mol. The van der Waals surface area contributed by atoms with Crippen LogP contribution in [0.2, 0.25) is 5.02 Å². The minimum Gasteiger partial charge on any atom is -0.454 e. The zero-order valence-corrected chi connectivity index (χ0v) is 21.6. The van der Waals surface area contributed by atoms with E-state index in [2.05, 4.69) is 10.6 Å². The number of benzene rings is 3. The van der Waals surface area contributed by atoms with Gasteiger partial charge in [0.05, 0.1) is 10.5 Å². The second-order valence-corrected chi connectivity index (χ2v) is 9.53. The van der Waals surface area contributed by atoms with Gasteiger partial charge in [-0.1, -0.05) is 48.0 Å². The number of ether oxygens (including phenoxy) is 2. The maximum absolute atomic E-state index is 13.4. The lowest BCUT2D eigenvalue weighted by Gasteiger charge is -2.20. The average Bonchev–Trinajstić information content (AvgIpc) is 3.48. The molecule has 196 valence electrons. The van der Waals surface area contributed by atoms with E-state index in [0.717, 1.165) is 27.7 Å². The summed E-state index contributed by atoms with van der Waals surface area (Å²) in [6.07, 6.45) is 0.741. The number of aliphatic hydroxyl groups excluding tert-OH is 1. The molecule has 38 heavy (non-hydrogen) atoms. The second kappa shape index (κ2) is 11.2. The van der Waals surface area contributed by atoms with Crippen molar-refractivity contribution in [1.29, 1.82) is 0 Å². The zero-order valence-electron chi connectivity index (χ0n) is 20.9. The van der Waals surface area contributed by atoms with Gasteiger partial charge in [0.15, 0.2) is 11.5 Å². The number of rotatable bonds is 9. The Bertz CT molecular complexity index is 1480. The summed E-state index contributed by atoms with van der Waals surface area (Å²) in [5, 5.41) is 16.8. The number of nitrogens with zero attached hydrogens (tertiary/aromatic N) is 1. The Morgan fingerprint density at radius 1 is 1.05 bits per heavy atom. The van der Waals surface area contributed by atoms with Gasteiger partial charge in [0.1, 0.15) is 12.6 Å². The number of hydrogen-bond donors (Lipinski definition) is 3. The molecule has 0 radical (unpaired) electrons. The van der Waals surface area contributed by atoms with Crippen LogP contribution >= 0.6 is 11.6 Å². The Kier molecular flexibility index (Phi) is 7.53. The smallest absolute Gasteiger partial charge is 0.247 e. The van der Waals surface area contributed by atoms with Gasteiger partial charge in [-0.3, -0.25) is 9.59 Å². The highest BCUT2D eigenvalue weighted by Crippen LogP contribution is 2.34. The van der Waals surface area contributed by atoms with E-state index in [1.807, 2.05) is 54.0 Å². The van der Waals surface area contributed by atoms with E-state index in [-0.39, 0.29) is 31.8 Å². The first-order valence-electron chi connectivity index (χ1n) is 12.4. The molecule has 0 saturated carbocycles. The second-order valence-electron chi connectivity index (χ2n) is 9.12. The van der Waals surface area contributed by atoms with Gasteiger partial charge in [0, 0.05) is 35.9 Å². The van der Waals surface area contributed by atoms with Crippen LogP contribution in [0.1, 0.15) is 16.8 Å². The number of anilines is 1. The maximum atomic E-state index is 13.4. The van der Waals surface area contributed by atoms with E-state index in [1.165, 1.54) is 0 Å². The number of amides is 2. The normalized spacial score (nSPS) is 12.9. The fourth-order valence-electron chi connectivity index (χ4n) is 4.83. The number of halogens is 1. The average molecular weight is 534 g/mol. The van der Waals surface area contributed by atoms with Crippen LogP contribution in [-0.2, 0) is 29.0 Å². The minimum absolute atomic E-state index is 0.00328. The molecule has 0 bridgehead atoms. The number of aliphatic hydroxyl groups is 1. The minimum atomic E-state index is -0.821. The molecule has 9 heteroatoms. The van der Waals surface area contributed by atoms with Crippen LogP contribution in [-0.4, -0.2) is 40.9 Å². The predicted octanol–water partition coefficient (Wildman–Crippen LogP) is 4.23. The van der Waals surface area contributed by atoms with Gasteiger partial charge in [0.25, 0.3) is 0 Å². The van der Waals surface area contributed by atoms with Crippen LogP contribution < -0.4 is 20.1 Å². The fraction of sp³-hybridized carbons (Fsp3) is 0.241. The van der Waals surface area contributed by atoms with E-state index in [4.69, 9.17) is 21.1 Å². The van der Waals surface area contributed by atoms with Crippen molar-refractivity contribution in [2.24, 2.45) is 0 Å². The van der Waals surface area contributed by atoms with Crippen LogP contribution in [0.4, 0.5) is 5.69 Å². The van der Waals surface area contributed by atoms with Crippen LogP contribution in [0.3, 0.4) is 0 Å². The van der Waals surface area contributed by atoms with Crippen molar-refractivity contribution in [2.75, 3.05) is 18.7 Å². The lowest BCUT2D eigenvalue weighted by atomic mass is 10.0. The molecule has 3 aromatic carbocycles. The highest BCUT2D eigenvalue weighted by Gasteiger charge is 2.24. The lowest BCUT2D eigenvalue weighted by molar-refractivity contribution is -0.126. The Morgan fingerprint density at radius 3 is 2.63 bits per heavy atom. The first kappa shape index (κ1) is 25.6. The van der Waals surface area contributed by atoms with Gasteiger partial charge in [-0.2, -0.15) is 0 Å². The fourth-order valence-corrected chi connectivity index (χ4v) is 5.11. The summed E-state index contributed by atoms with van der Waals surface area (Å²) < 4.78 is 12.6. The van der Waals surface area contributed by atoms with Crippen LogP contribution in [0.5, 0.6) is 11.5 Å². The standard InChI is InChI=1S/C29H28ClN3O5/c1-18-21(12-13-34)28-22(30)8-5-9-24(28)33(18)16-27(35)32-23(14-19-6-3-2-4-7-19)29(36)31-20-10-11-25-26(15-20)38-17-37-25/h2-11,15,23,34H,12-14,16-17H2,1H3,(H,31,36)(H,32,35)/t23-/m0/s1. The van der Waals surface area contributed by atoms with Crippen molar-refractivity contribution < 1.29 is 24.2 Å². The SMILES string of the molecule is Cc1c(CCO)c2c(Cl)cccc2n1CC(=O)N[C@@H](Cc1ccccc1)C(=O)Nc1ccc2c(c1)OCO2. The van der Waals surface area contributed by atoms with Crippen LogP contribution in [0.25, 0.3) is 10.9 Å². The quantitative estimate of drug-likeness (QED) is 0.299. The molecule has 1 aromatic heterocycles. The summed E-state index contributed by atoms with van der Waals surface area (Å²) >= 11 is 6.48. The van der Waals surface area contributed by atoms with Crippen LogP contribution in [0, 0.1) is 6.92 Å². The number of carbonyl (C=O) groups is 2. The molecule has 0 spiro atoms. The van der Waals surface area contributed by atoms with Crippen LogP contribution in [0.15, 0.2) is 66.7 Å². The van der Waals surface area contributed by atoms with E-state index >= 15 is 0 Å². The third kappa shape index (κ3) is 5.32. The number of aromatic nitrogens is 1. The zero-order chi connectivity index (χ0) is 26.6. The third-order valence-corrected chi connectivity index (χ3v) is 6.98. The van der Waals surface area contributed by atoms with Crippen molar-refractivity contribution in [3.05, 3.63) is 88.6 Å². The summed E-state index contributed by atoms with van der Waals surface area (Å²) in [6, 6.07) is 19.4. The molecule has 5 rings (SSSR count). The Morgan fingerprint density at radius 2 is 1.84 bits per heavy atom. The van der Waals surface area contributed by atoms with E-state index in [9.17, 15) is 14.7 Å². The number of nitrogens with one attached hydrogen (secondary N) is 2. The van der Waals surface area contributed by atoms with Gasteiger partial charge < -0.3 is 29.8 Å². The summed E-state index contributed by atoms with van der Waals surface area (Å²) in [6.45, 7) is 2.01. The molecule has 3 N–H and O–H groups in total. The van der Waals surface area contributed by atoms with Crippen molar-refractivity contribution in [3.63, 3.8) is 0 Å². The lowest BCUT2D eigenvalue weighted by Crippen LogP contribution is -2.46.